The van der Waals surface area contributed by atoms with Crippen molar-refractivity contribution in [2.24, 2.45) is 0 Å². The van der Waals surface area contributed by atoms with E-state index in [1.807, 2.05) is 7.05 Å². The Morgan fingerprint density at radius 2 is 2.06 bits per heavy atom. The molecule has 18 heavy (non-hydrogen) atoms. The topological polar surface area (TPSA) is 34.1 Å². The van der Waals surface area contributed by atoms with Crippen LogP contribution in [0.15, 0.2) is 0 Å². The Bertz CT molecular complexity index is 326. The molecule has 0 aliphatic heterocycles. The van der Waals surface area contributed by atoms with Crippen LogP contribution in [0.1, 0.15) is 42.3 Å². The molecular formula is C14H26N2OS. The van der Waals surface area contributed by atoms with Gasteiger partial charge in [-0.3, -0.25) is 0 Å². The van der Waals surface area contributed by atoms with Crippen molar-refractivity contribution in [3.63, 3.8) is 0 Å². The van der Waals surface area contributed by atoms with Crippen molar-refractivity contribution < 1.29 is 4.74 Å². The van der Waals surface area contributed by atoms with E-state index in [1.54, 1.807) is 11.3 Å². The Balaban J connectivity index is 2.69. The first kappa shape index (κ1) is 15.6. The number of nitrogens with zero attached hydrogens (tertiary/aromatic N) is 1. The van der Waals surface area contributed by atoms with Gasteiger partial charge < -0.3 is 10.1 Å². The number of hydrogen-bond donors (Lipinski definition) is 1. The Morgan fingerprint density at radius 3 is 2.50 bits per heavy atom. The van der Waals surface area contributed by atoms with E-state index in [9.17, 15) is 0 Å². The van der Waals surface area contributed by atoms with Crippen LogP contribution in [0.25, 0.3) is 0 Å². The van der Waals surface area contributed by atoms with Gasteiger partial charge in [0.1, 0.15) is 0 Å². The van der Waals surface area contributed by atoms with Crippen LogP contribution < -0.4 is 5.32 Å². The number of aromatic nitrogens is 1. The standard InChI is InChI=1S/C14H26N2OS/c1-6-8-13(17-7-2)12(15-5)9-14-16-10(3)11(4)18-14/h12-13,15H,6-9H2,1-5H3. The summed E-state index contributed by atoms with van der Waals surface area (Å²) in [5.74, 6) is 0. The number of likely N-dealkylation sites (N-methyl/N-ethyl adjacent to an activating group) is 1. The molecule has 3 nitrogen and oxygen atoms in total. The Hall–Kier alpha value is -0.450. The predicted molar refractivity (Wildman–Crippen MR) is 78.5 cm³/mol. The average Bonchev–Trinajstić information content (AvgIpc) is 2.65. The number of hydrogen-bond acceptors (Lipinski definition) is 4. The van der Waals surface area contributed by atoms with Crippen LogP contribution in [0.3, 0.4) is 0 Å². The van der Waals surface area contributed by atoms with Gasteiger partial charge in [0.05, 0.1) is 16.8 Å². The number of nitrogens with one attached hydrogen (secondary N) is 1. The summed E-state index contributed by atoms with van der Waals surface area (Å²) in [5.41, 5.74) is 1.16. The Labute approximate surface area is 115 Å². The van der Waals surface area contributed by atoms with Crippen molar-refractivity contribution in [3.05, 3.63) is 15.6 Å². The SMILES string of the molecule is CCCC(OCC)C(Cc1nc(C)c(C)s1)NC. The Kier molecular flexibility index (Phi) is 6.82. The van der Waals surface area contributed by atoms with Crippen molar-refractivity contribution >= 4 is 11.3 Å². The molecule has 0 amide bonds. The van der Waals surface area contributed by atoms with Crippen LogP contribution in [0.4, 0.5) is 0 Å². The molecule has 1 aromatic heterocycles. The number of thiazole rings is 1. The van der Waals surface area contributed by atoms with Crippen LogP contribution in [-0.4, -0.2) is 30.8 Å². The lowest BCUT2D eigenvalue weighted by Crippen LogP contribution is -2.41. The highest BCUT2D eigenvalue weighted by Crippen LogP contribution is 2.20. The van der Waals surface area contributed by atoms with Crippen molar-refractivity contribution in [2.45, 2.75) is 59.1 Å². The lowest BCUT2D eigenvalue weighted by Gasteiger charge is -2.25. The second-order valence-electron chi connectivity index (χ2n) is 4.63. The lowest BCUT2D eigenvalue weighted by atomic mass is 10.0. The smallest absolute Gasteiger partial charge is 0.0947 e. The first-order valence-corrected chi connectivity index (χ1v) is 7.65. The van der Waals surface area contributed by atoms with Gasteiger partial charge in [0.25, 0.3) is 0 Å². The van der Waals surface area contributed by atoms with E-state index in [0.717, 1.165) is 31.6 Å². The highest BCUT2D eigenvalue weighted by Gasteiger charge is 2.21. The molecule has 0 spiro atoms. The molecule has 0 saturated heterocycles. The summed E-state index contributed by atoms with van der Waals surface area (Å²) < 4.78 is 5.86. The summed E-state index contributed by atoms with van der Waals surface area (Å²) >= 11 is 1.80. The molecule has 0 aliphatic carbocycles. The van der Waals surface area contributed by atoms with Crippen LogP contribution >= 0.6 is 11.3 Å². The normalized spacial score (nSPS) is 14.7. The first-order chi connectivity index (χ1) is 8.62. The van der Waals surface area contributed by atoms with Gasteiger partial charge >= 0.3 is 0 Å². The number of aryl methyl sites for hydroxylation is 2. The van der Waals surface area contributed by atoms with E-state index in [4.69, 9.17) is 4.74 Å². The minimum Gasteiger partial charge on any atom is -0.377 e. The van der Waals surface area contributed by atoms with E-state index in [1.165, 1.54) is 9.88 Å². The highest BCUT2D eigenvalue weighted by molar-refractivity contribution is 7.11. The van der Waals surface area contributed by atoms with Gasteiger partial charge in [-0.15, -0.1) is 11.3 Å². The molecule has 0 saturated carbocycles. The van der Waals surface area contributed by atoms with E-state index in [2.05, 4.69) is 38.0 Å². The molecule has 0 aliphatic rings. The van der Waals surface area contributed by atoms with Gasteiger partial charge in [-0.25, -0.2) is 4.98 Å². The maximum Gasteiger partial charge on any atom is 0.0947 e. The quantitative estimate of drug-likeness (QED) is 0.788. The fraction of sp³-hybridized carbons (Fsp3) is 0.786. The molecule has 0 fully saturated rings. The molecule has 0 aromatic carbocycles. The van der Waals surface area contributed by atoms with Crippen molar-refractivity contribution in [2.75, 3.05) is 13.7 Å². The zero-order chi connectivity index (χ0) is 13.5. The molecule has 1 heterocycles. The molecule has 0 radical (unpaired) electrons. The summed E-state index contributed by atoms with van der Waals surface area (Å²) in [5, 5.41) is 4.60. The predicted octanol–water partition coefficient (Wildman–Crippen LogP) is 3.10. The zero-order valence-electron chi connectivity index (χ0n) is 12.2. The molecule has 2 unspecified atom stereocenters. The van der Waals surface area contributed by atoms with Gasteiger partial charge in [0.15, 0.2) is 0 Å². The van der Waals surface area contributed by atoms with E-state index in [-0.39, 0.29) is 6.10 Å². The summed E-state index contributed by atoms with van der Waals surface area (Å²) in [6.45, 7) is 9.26. The molecule has 1 aromatic rings. The van der Waals surface area contributed by atoms with Crippen LogP contribution in [-0.2, 0) is 11.2 Å². The van der Waals surface area contributed by atoms with Crippen LogP contribution in [0.5, 0.6) is 0 Å². The number of rotatable bonds is 8. The molecule has 1 rings (SSSR count). The third-order valence-corrected chi connectivity index (χ3v) is 4.34. The molecule has 0 bridgehead atoms. The third-order valence-electron chi connectivity index (χ3n) is 3.24. The molecule has 104 valence electrons. The van der Waals surface area contributed by atoms with Crippen LogP contribution in [0, 0.1) is 13.8 Å². The van der Waals surface area contributed by atoms with E-state index in [0.29, 0.717) is 6.04 Å². The number of ether oxygens (including phenoxy) is 1. The van der Waals surface area contributed by atoms with E-state index >= 15 is 0 Å². The van der Waals surface area contributed by atoms with Gasteiger partial charge in [-0.2, -0.15) is 0 Å². The van der Waals surface area contributed by atoms with Gasteiger partial charge in [0, 0.05) is 23.9 Å². The van der Waals surface area contributed by atoms with Gasteiger partial charge in [0.2, 0.25) is 0 Å². The van der Waals surface area contributed by atoms with Crippen molar-refractivity contribution in [3.8, 4) is 0 Å². The van der Waals surface area contributed by atoms with Crippen molar-refractivity contribution in [1.29, 1.82) is 0 Å². The van der Waals surface area contributed by atoms with Crippen molar-refractivity contribution in [1.82, 2.24) is 10.3 Å². The van der Waals surface area contributed by atoms with Gasteiger partial charge in [-0.05, 0) is 34.2 Å². The average molecular weight is 270 g/mol. The molecule has 2 atom stereocenters. The molecular weight excluding hydrogens is 244 g/mol. The zero-order valence-corrected chi connectivity index (χ0v) is 13.1. The fourth-order valence-corrected chi connectivity index (χ4v) is 3.13. The third kappa shape index (κ3) is 4.34. The largest absolute Gasteiger partial charge is 0.377 e. The second kappa shape index (κ2) is 7.87. The minimum atomic E-state index is 0.287. The van der Waals surface area contributed by atoms with Crippen LogP contribution in [0.2, 0.25) is 0 Å². The maximum absolute atomic E-state index is 5.86. The Morgan fingerprint density at radius 1 is 1.33 bits per heavy atom. The summed E-state index contributed by atoms with van der Waals surface area (Å²) in [7, 11) is 2.01. The first-order valence-electron chi connectivity index (χ1n) is 6.84. The summed E-state index contributed by atoms with van der Waals surface area (Å²) in [4.78, 5) is 5.95. The molecule has 4 heteroatoms. The fourth-order valence-electron chi connectivity index (χ4n) is 2.13. The minimum absolute atomic E-state index is 0.287. The lowest BCUT2D eigenvalue weighted by molar-refractivity contribution is 0.0301. The second-order valence-corrected chi connectivity index (χ2v) is 5.92. The summed E-state index contributed by atoms with van der Waals surface area (Å²) in [6, 6.07) is 0.356. The summed E-state index contributed by atoms with van der Waals surface area (Å²) in [6.07, 6.45) is 3.50. The molecule has 1 N–H and O–H groups in total. The maximum atomic E-state index is 5.86. The van der Waals surface area contributed by atoms with E-state index < -0.39 is 0 Å². The highest BCUT2D eigenvalue weighted by atomic mass is 32.1. The monoisotopic (exact) mass is 270 g/mol. The van der Waals surface area contributed by atoms with Gasteiger partial charge in [-0.1, -0.05) is 13.3 Å².